The largest absolute Gasteiger partial charge is 0.497 e. The molecule has 0 radical (unpaired) electrons. The number of nitrogens with one attached hydrogen (secondary N) is 2. The molecule has 2 aromatic rings. The number of sulfone groups is 1. The molecule has 0 aliphatic carbocycles. The molecule has 0 aliphatic rings. The highest BCUT2D eigenvalue weighted by Gasteiger charge is 2.12. The van der Waals surface area contributed by atoms with E-state index in [1.807, 2.05) is 6.92 Å². The molecule has 6 nitrogen and oxygen atoms in total. The van der Waals surface area contributed by atoms with Gasteiger partial charge in [0.2, 0.25) is 0 Å². The van der Waals surface area contributed by atoms with Crippen molar-refractivity contribution in [1.82, 2.24) is 5.32 Å². The Bertz CT molecular complexity index is 799. The Morgan fingerprint density at radius 1 is 1.04 bits per heavy atom. The summed E-state index contributed by atoms with van der Waals surface area (Å²) in [4.78, 5) is 12.3. The molecule has 0 aromatic heterocycles. The molecular weight excluding hydrogens is 328 g/mol. The molecule has 128 valence electrons. The van der Waals surface area contributed by atoms with E-state index >= 15 is 0 Å². The van der Waals surface area contributed by atoms with Crippen LogP contribution in [-0.2, 0) is 9.84 Å². The van der Waals surface area contributed by atoms with Gasteiger partial charge < -0.3 is 15.4 Å². The van der Waals surface area contributed by atoms with Crippen LogP contribution < -0.4 is 15.4 Å². The van der Waals surface area contributed by atoms with Gasteiger partial charge in [-0.3, -0.25) is 0 Å². The number of benzene rings is 2. The van der Waals surface area contributed by atoms with E-state index in [0.717, 1.165) is 11.8 Å². The summed E-state index contributed by atoms with van der Waals surface area (Å²) in [5, 5.41) is 5.53. The number of ether oxygens (including phenoxy) is 1. The number of rotatable bonds is 5. The maximum absolute atomic E-state index is 12.0. The Morgan fingerprint density at radius 2 is 1.62 bits per heavy atom. The van der Waals surface area contributed by atoms with Crippen molar-refractivity contribution in [3.05, 3.63) is 54.1 Å². The van der Waals surface area contributed by atoms with Gasteiger partial charge in [0.05, 0.1) is 18.0 Å². The van der Waals surface area contributed by atoms with Gasteiger partial charge in [0.25, 0.3) is 0 Å². The third-order valence-corrected chi connectivity index (χ3v) is 4.63. The van der Waals surface area contributed by atoms with Crippen LogP contribution in [0, 0.1) is 0 Å². The predicted molar refractivity (Wildman–Crippen MR) is 93.1 cm³/mol. The van der Waals surface area contributed by atoms with Crippen LogP contribution in [0.15, 0.2) is 53.4 Å². The summed E-state index contributed by atoms with van der Waals surface area (Å²) in [6, 6.07) is 12.8. The highest BCUT2D eigenvalue weighted by Crippen LogP contribution is 2.17. The minimum absolute atomic E-state index is 0.251. The first-order chi connectivity index (χ1) is 11.3. The molecule has 24 heavy (non-hydrogen) atoms. The molecule has 0 heterocycles. The van der Waals surface area contributed by atoms with Crippen molar-refractivity contribution in [2.75, 3.05) is 18.7 Å². The zero-order valence-corrected chi connectivity index (χ0v) is 14.6. The maximum Gasteiger partial charge on any atom is 0.319 e. The number of amides is 2. The predicted octanol–water partition coefficient (Wildman–Crippen LogP) is 2.98. The van der Waals surface area contributed by atoms with E-state index in [9.17, 15) is 13.2 Å². The van der Waals surface area contributed by atoms with Gasteiger partial charge >= 0.3 is 6.03 Å². The number of hydrogen-bond donors (Lipinski definition) is 2. The smallest absolute Gasteiger partial charge is 0.319 e. The van der Waals surface area contributed by atoms with Crippen LogP contribution in [0.1, 0.15) is 18.5 Å². The first kappa shape index (κ1) is 17.8. The molecule has 0 aliphatic heterocycles. The average Bonchev–Trinajstić information content (AvgIpc) is 2.54. The number of methoxy groups -OCH3 is 1. The third kappa shape index (κ3) is 4.73. The highest BCUT2D eigenvalue weighted by atomic mass is 32.2. The number of urea groups is 1. The van der Waals surface area contributed by atoms with Gasteiger partial charge in [-0.2, -0.15) is 0 Å². The van der Waals surface area contributed by atoms with Crippen molar-refractivity contribution in [3.63, 3.8) is 0 Å². The Labute approximate surface area is 141 Å². The molecule has 1 unspecified atom stereocenters. The van der Waals surface area contributed by atoms with E-state index in [-0.39, 0.29) is 17.0 Å². The van der Waals surface area contributed by atoms with Crippen molar-refractivity contribution in [2.24, 2.45) is 0 Å². The summed E-state index contributed by atoms with van der Waals surface area (Å²) in [5.41, 5.74) is 1.46. The summed E-state index contributed by atoms with van der Waals surface area (Å²) >= 11 is 0. The van der Waals surface area contributed by atoms with Gasteiger partial charge in [0.1, 0.15) is 5.75 Å². The van der Waals surface area contributed by atoms with E-state index in [0.29, 0.717) is 11.4 Å². The lowest BCUT2D eigenvalue weighted by Crippen LogP contribution is -2.31. The van der Waals surface area contributed by atoms with Crippen molar-refractivity contribution >= 4 is 21.6 Å². The molecule has 0 saturated carbocycles. The van der Waals surface area contributed by atoms with E-state index in [4.69, 9.17) is 4.74 Å². The quantitative estimate of drug-likeness (QED) is 0.870. The lowest BCUT2D eigenvalue weighted by Gasteiger charge is -2.15. The molecule has 2 amide bonds. The van der Waals surface area contributed by atoms with Crippen LogP contribution in [0.2, 0.25) is 0 Å². The lowest BCUT2D eigenvalue weighted by molar-refractivity contribution is 0.249. The van der Waals surface area contributed by atoms with Crippen LogP contribution in [0.5, 0.6) is 5.75 Å². The maximum atomic E-state index is 12.0. The second-order valence-corrected chi connectivity index (χ2v) is 7.41. The first-order valence-electron chi connectivity index (χ1n) is 7.31. The van der Waals surface area contributed by atoms with Gasteiger partial charge in [-0.15, -0.1) is 0 Å². The van der Waals surface area contributed by atoms with E-state index in [1.165, 1.54) is 12.1 Å². The minimum atomic E-state index is -3.22. The van der Waals surface area contributed by atoms with Crippen LogP contribution >= 0.6 is 0 Å². The molecule has 0 fully saturated rings. The Kier molecular flexibility index (Phi) is 5.46. The van der Waals surface area contributed by atoms with Crippen molar-refractivity contribution in [2.45, 2.75) is 17.9 Å². The second-order valence-electron chi connectivity index (χ2n) is 5.39. The monoisotopic (exact) mass is 348 g/mol. The van der Waals surface area contributed by atoms with Crippen LogP contribution in [0.4, 0.5) is 10.5 Å². The molecule has 0 spiro atoms. The topological polar surface area (TPSA) is 84.5 Å². The van der Waals surface area contributed by atoms with E-state index in [2.05, 4.69) is 10.6 Å². The van der Waals surface area contributed by atoms with Gasteiger partial charge in [-0.05, 0) is 48.9 Å². The van der Waals surface area contributed by atoms with Crippen molar-refractivity contribution < 1.29 is 17.9 Å². The molecule has 2 N–H and O–H groups in total. The summed E-state index contributed by atoms with van der Waals surface area (Å²) in [6.07, 6.45) is 1.16. The van der Waals surface area contributed by atoms with E-state index < -0.39 is 9.84 Å². The molecule has 0 saturated heterocycles. The summed E-state index contributed by atoms with van der Waals surface area (Å²) in [6.45, 7) is 1.82. The molecule has 1 atom stereocenters. The molecule has 7 heteroatoms. The van der Waals surface area contributed by atoms with Gasteiger partial charge in [0.15, 0.2) is 9.84 Å². The fourth-order valence-corrected chi connectivity index (χ4v) is 2.76. The van der Waals surface area contributed by atoms with Crippen molar-refractivity contribution in [3.8, 4) is 5.75 Å². The highest BCUT2D eigenvalue weighted by molar-refractivity contribution is 7.90. The number of carbonyl (C=O) groups is 1. The number of anilines is 1. The summed E-state index contributed by atoms with van der Waals surface area (Å²) < 4.78 is 28.0. The zero-order valence-electron chi connectivity index (χ0n) is 13.7. The van der Waals surface area contributed by atoms with Gasteiger partial charge in [-0.1, -0.05) is 12.1 Å². The third-order valence-electron chi connectivity index (χ3n) is 3.50. The zero-order chi connectivity index (χ0) is 17.7. The van der Waals surface area contributed by atoms with E-state index in [1.54, 1.807) is 43.5 Å². The normalized spacial score (nSPS) is 12.3. The second kappa shape index (κ2) is 7.35. The lowest BCUT2D eigenvalue weighted by atomic mass is 10.1. The number of carbonyl (C=O) groups excluding carboxylic acids is 1. The fourth-order valence-electron chi connectivity index (χ4n) is 2.13. The summed E-state index contributed by atoms with van der Waals surface area (Å²) in [5.74, 6) is 0.709. The van der Waals surface area contributed by atoms with Crippen molar-refractivity contribution in [1.29, 1.82) is 0 Å². The SMILES string of the molecule is COc1ccc(NC(=O)NC(C)c2ccc(S(C)(=O)=O)cc2)cc1. The van der Waals surface area contributed by atoms with Crippen LogP contribution in [0.25, 0.3) is 0 Å². The standard InChI is InChI=1S/C17H20N2O4S/c1-12(13-4-10-16(11-5-13)24(3,21)22)18-17(20)19-14-6-8-15(23-2)9-7-14/h4-12H,1-3H3,(H2,18,19,20). The van der Waals surface area contributed by atoms with Gasteiger partial charge in [-0.25, -0.2) is 13.2 Å². The molecule has 2 aromatic carbocycles. The minimum Gasteiger partial charge on any atom is -0.497 e. The van der Waals surface area contributed by atoms with Gasteiger partial charge in [0, 0.05) is 11.9 Å². The number of hydrogen-bond acceptors (Lipinski definition) is 4. The first-order valence-corrected chi connectivity index (χ1v) is 9.20. The molecule has 0 bridgehead atoms. The summed E-state index contributed by atoms with van der Waals surface area (Å²) in [7, 11) is -1.65. The fraction of sp³-hybridized carbons (Fsp3) is 0.235. The average molecular weight is 348 g/mol. The Morgan fingerprint density at radius 3 is 2.12 bits per heavy atom. The Hall–Kier alpha value is -2.54. The molecular formula is C17H20N2O4S. The van der Waals surface area contributed by atoms with Crippen LogP contribution in [-0.4, -0.2) is 27.8 Å². The Balaban J connectivity index is 1.97. The molecule has 2 rings (SSSR count). The van der Waals surface area contributed by atoms with Crippen LogP contribution in [0.3, 0.4) is 0 Å².